The van der Waals surface area contributed by atoms with E-state index in [2.05, 4.69) is 43.0 Å². The SMILES string of the molecule is Cc1nn(C)c(C)c1-c1ccc(C(C)C)nc1. The maximum Gasteiger partial charge on any atom is 0.0675 e. The molecule has 0 fully saturated rings. The van der Waals surface area contributed by atoms with Crippen molar-refractivity contribution in [2.75, 3.05) is 0 Å². The predicted octanol–water partition coefficient (Wildman–Crippen LogP) is 3.22. The zero-order chi connectivity index (χ0) is 12.6. The van der Waals surface area contributed by atoms with E-state index in [-0.39, 0.29) is 0 Å². The molecule has 0 aliphatic heterocycles. The second kappa shape index (κ2) is 4.32. The van der Waals surface area contributed by atoms with Gasteiger partial charge in [0, 0.05) is 35.8 Å². The van der Waals surface area contributed by atoms with E-state index in [0.717, 1.165) is 17.0 Å². The molecule has 2 rings (SSSR count). The Bertz CT molecular complexity index is 521. The summed E-state index contributed by atoms with van der Waals surface area (Å²) in [4.78, 5) is 4.51. The number of nitrogens with zero attached hydrogens (tertiary/aromatic N) is 3. The van der Waals surface area contributed by atoms with Crippen molar-refractivity contribution < 1.29 is 0 Å². The van der Waals surface area contributed by atoms with E-state index in [1.54, 1.807) is 0 Å². The van der Waals surface area contributed by atoms with E-state index in [4.69, 9.17) is 0 Å². The average molecular weight is 229 g/mol. The van der Waals surface area contributed by atoms with Crippen LogP contribution in [0.4, 0.5) is 0 Å². The largest absolute Gasteiger partial charge is 0.272 e. The molecule has 0 spiro atoms. The third-order valence-electron chi connectivity index (χ3n) is 3.18. The summed E-state index contributed by atoms with van der Waals surface area (Å²) >= 11 is 0. The molecule has 0 saturated heterocycles. The number of aromatic nitrogens is 3. The predicted molar refractivity (Wildman–Crippen MR) is 70.0 cm³/mol. The lowest BCUT2D eigenvalue weighted by Crippen LogP contribution is -1.94. The average Bonchev–Trinajstić information content (AvgIpc) is 2.53. The Labute approximate surface area is 103 Å². The minimum Gasteiger partial charge on any atom is -0.272 e. The van der Waals surface area contributed by atoms with Gasteiger partial charge in [0.2, 0.25) is 0 Å². The Morgan fingerprint density at radius 1 is 1.18 bits per heavy atom. The normalized spacial score (nSPS) is 11.2. The fourth-order valence-corrected chi connectivity index (χ4v) is 2.09. The van der Waals surface area contributed by atoms with Crippen LogP contribution in [-0.2, 0) is 7.05 Å². The molecule has 90 valence electrons. The second-order valence-electron chi connectivity index (χ2n) is 4.80. The summed E-state index contributed by atoms with van der Waals surface area (Å²) in [5, 5.41) is 4.43. The van der Waals surface area contributed by atoms with Gasteiger partial charge in [-0.1, -0.05) is 19.9 Å². The summed E-state index contributed by atoms with van der Waals surface area (Å²) in [6.07, 6.45) is 1.95. The zero-order valence-corrected chi connectivity index (χ0v) is 11.2. The smallest absolute Gasteiger partial charge is 0.0675 e. The first-order valence-electron chi connectivity index (χ1n) is 5.97. The van der Waals surface area contributed by atoms with E-state index in [0.29, 0.717) is 5.92 Å². The van der Waals surface area contributed by atoms with Crippen LogP contribution in [-0.4, -0.2) is 14.8 Å². The van der Waals surface area contributed by atoms with Gasteiger partial charge in [-0.3, -0.25) is 9.67 Å². The number of rotatable bonds is 2. The van der Waals surface area contributed by atoms with Crippen LogP contribution >= 0.6 is 0 Å². The van der Waals surface area contributed by atoms with Gasteiger partial charge in [-0.25, -0.2) is 0 Å². The second-order valence-corrected chi connectivity index (χ2v) is 4.80. The Balaban J connectivity index is 2.47. The van der Waals surface area contributed by atoms with Crippen LogP contribution < -0.4 is 0 Å². The third kappa shape index (κ3) is 2.09. The van der Waals surface area contributed by atoms with Gasteiger partial charge in [-0.2, -0.15) is 5.10 Å². The minimum absolute atomic E-state index is 0.472. The van der Waals surface area contributed by atoms with Gasteiger partial charge >= 0.3 is 0 Å². The van der Waals surface area contributed by atoms with Crippen molar-refractivity contribution >= 4 is 0 Å². The summed E-state index contributed by atoms with van der Waals surface area (Å²) in [5.74, 6) is 0.472. The Kier molecular flexibility index (Phi) is 3.01. The number of aryl methyl sites for hydroxylation is 2. The van der Waals surface area contributed by atoms with Crippen molar-refractivity contribution in [3.05, 3.63) is 35.4 Å². The maximum atomic E-state index is 4.51. The molecule has 3 heteroatoms. The van der Waals surface area contributed by atoms with Gasteiger partial charge in [0.1, 0.15) is 0 Å². The van der Waals surface area contributed by atoms with E-state index in [9.17, 15) is 0 Å². The molecule has 17 heavy (non-hydrogen) atoms. The first-order valence-corrected chi connectivity index (χ1v) is 5.97. The molecule has 0 bridgehead atoms. The molecule has 0 aromatic carbocycles. The highest BCUT2D eigenvalue weighted by atomic mass is 15.3. The Morgan fingerprint density at radius 2 is 1.88 bits per heavy atom. The van der Waals surface area contributed by atoms with E-state index >= 15 is 0 Å². The van der Waals surface area contributed by atoms with Crippen LogP contribution in [0, 0.1) is 13.8 Å². The van der Waals surface area contributed by atoms with Crippen molar-refractivity contribution in [3.8, 4) is 11.1 Å². The van der Waals surface area contributed by atoms with Crippen LogP contribution in [0.1, 0.15) is 36.8 Å². The number of hydrogen-bond acceptors (Lipinski definition) is 2. The van der Waals surface area contributed by atoms with Gasteiger partial charge in [-0.05, 0) is 25.8 Å². The van der Waals surface area contributed by atoms with E-state index in [1.165, 1.54) is 11.3 Å². The Morgan fingerprint density at radius 3 is 2.29 bits per heavy atom. The van der Waals surface area contributed by atoms with Crippen molar-refractivity contribution in [1.82, 2.24) is 14.8 Å². The molecule has 2 aromatic rings. The van der Waals surface area contributed by atoms with Crippen molar-refractivity contribution in [2.24, 2.45) is 7.05 Å². The van der Waals surface area contributed by atoms with E-state index in [1.807, 2.05) is 24.9 Å². The molecule has 0 aliphatic carbocycles. The molecule has 0 N–H and O–H groups in total. The Hall–Kier alpha value is -1.64. The molecule has 0 atom stereocenters. The maximum absolute atomic E-state index is 4.51. The fourth-order valence-electron chi connectivity index (χ4n) is 2.09. The van der Waals surface area contributed by atoms with Gasteiger partial charge in [0.05, 0.1) is 5.69 Å². The van der Waals surface area contributed by atoms with Crippen LogP contribution in [0.15, 0.2) is 18.3 Å². The molecule has 3 nitrogen and oxygen atoms in total. The lowest BCUT2D eigenvalue weighted by atomic mass is 10.0. The first-order chi connectivity index (χ1) is 8.00. The molecule has 0 radical (unpaired) electrons. The number of pyridine rings is 1. The molecule has 0 saturated carbocycles. The van der Waals surface area contributed by atoms with Crippen LogP contribution in [0.2, 0.25) is 0 Å². The van der Waals surface area contributed by atoms with Crippen LogP contribution in [0.3, 0.4) is 0 Å². The molecular formula is C14H19N3. The molecule has 0 aliphatic rings. The highest BCUT2D eigenvalue weighted by Gasteiger charge is 2.12. The summed E-state index contributed by atoms with van der Waals surface area (Å²) in [5.41, 5.74) is 5.73. The first kappa shape index (κ1) is 11.8. The lowest BCUT2D eigenvalue weighted by molar-refractivity contribution is 0.731. The summed E-state index contributed by atoms with van der Waals surface area (Å²) in [6.45, 7) is 8.44. The highest BCUT2D eigenvalue weighted by molar-refractivity contribution is 5.67. The minimum atomic E-state index is 0.472. The standard InChI is InChI=1S/C14H19N3/c1-9(2)13-7-6-12(8-15-13)14-10(3)16-17(5)11(14)4/h6-9H,1-5H3. The fraction of sp³-hybridized carbons (Fsp3) is 0.429. The van der Waals surface area contributed by atoms with Gasteiger partial charge in [0.25, 0.3) is 0 Å². The number of hydrogen-bond donors (Lipinski definition) is 0. The third-order valence-corrected chi connectivity index (χ3v) is 3.18. The van der Waals surface area contributed by atoms with E-state index < -0.39 is 0 Å². The summed E-state index contributed by atoms with van der Waals surface area (Å²) < 4.78 is 1.92. The van der Waals surface area contributed by atoms with Crippen molar-refractivity contribution in [2.45, 2.75) is 33.6 Å². The molecule has 2 aromatic heterocycles. The topological polar surface area (TPSA) is 30.7 Å². The highest BCUT2D eigenvalue weighted by Crippen LogP contribution is 2.26. The zero-order valence-electron chi connectivity index (χ0n) is 11.2. The van der Waals surface area contributed by atoms with Crippen molar-refractivity contribution in [3.63, 3.8) is 0 Å². The molecule has 0 unspecified atom stereocenters. The molecule has 2 heterocycles. The van der Waals surface area contributed by atoms with Crippen molar-refractivity contribution in [1.29, 1.82) is 0 Å². The molecule has 0 amide bonds. The summed E-state index contributed by atoms with van der Waals surface area (Å²) in [6, 6.07) is 4.24. The quantitative estimate of drug-likeness (QED) is 0.791. The van der Waals surface area contributed by atoms with Crippen LogP contribution in [0.5, 0.6) is 0 Å². The van der Waals surface area contributed by atoms with Gasteiger partial charge < -0.3 is 0 Å². The lowest BCUT2D eigenvalue weighted by Gasteiger charge is -2.06. The monoisotopic (exact) mass is 229 g/mol. The van der Waals surface area contributed by atoms with Gasteiger partial charge in [-0.15, -0.1) is 0 Å². The van der Waals surface area contributed by atoms with Crippen LogP contribution in [0.25, 0.3) is 11.1 Å². The molecular weight excluding hydrogens is 210 g/mol. The summed E-state index contributed by atoms with van der Waals surface area (Å²) in [7, 11) is 1.97. The van der Waals surface area contributed by atoms with Gasteiger partial charge in [0.15, 0.2) is 0 Å².